The van der Waals surface area contributed by atoms with E-state index in [0.29, 0.717) is 6.04 Å². The van der Waals surface area contributed by atoms with E-state index in [1.165, 1.54) is 25.9 Å². The van der Waals surface area contributed by atoms with Crippen molar-refractivity contribution in [3.63, 3.8) is 0 Å². The summed E-state index contributed by atoms with van der Waals surface area (Å²) >= 11 is 0. The smallest absolute Gasteiger partial charge is 0.0243 e. The van der Waals surface area contributed by atoms with Crippen molar-refractivity contribution in [2.45, 2.75) is 60.4 Å². The molecule has 0 saturated carbocycles. The standard InChI is InChI=1S/C15H34N2/c1-7-14(8-2)12-17(10-4)15(13(5)6)11-16-9-3/h13-16H,7-12H2,1-6H3. The Morgan fingerprint density at radius 2 is 1.59 bits per heavy atom. The molecule has 0 fully saturated rings. The molecule has 0 bridgehead atoms. The lowest BCUT2D eigenvalue weighted by Crippen LogP contribution is -2.47. The predicted molar refractivity (Wildman–Crippen MR) is 78.5 cm³/mol. The highest BCUT2D eigenvalue weighted by atomic mass is 15.2. The largest absolute Gasteiger partial charge is 0.315 e. The first-order valence-corrected chi connectivity index (χ1v) is 7.55. The van der Waals surface area contributed by atoms with Crippen molar-refractivity contribution in [2.24, 2.45) is 11.8 Å². The van der Waals surface area contributed by atoms with Crippen LogP contribution in [0.4, 0.5) is 0 Å². The number of nitrogens with zero attached hydrogens (tertiary/aromatic N) is 1. The fraction of sp³-hybridized carbons (Fsp3) is 1.00. The first-order valence-electron chi connectivity index (χ1n) is 7.55. The third-order valence-corrected chi connectivity index (χ3v) is 3.90. The molecular formula is C15H34N2. The molecule has 0 amide bonds. The van der Waals surface area contributed by atoms with Gasteiger partial charge in [-0.05, 0) is 24.9 Å². The Morgan fingerprint density at radius 3 is 1.94 bits per heavy atom. The van der Waals surface area contributed by atoms with Crippen molar-refractivity contribution in [1.29, 1.82) is 0 Å². The van der Waals surface area contributed by atoms with E-state index in [4.69, 9.17) is 0 Å². The van der Waals surface area contributed by atoms with Gasteiger partial charge in [0.1, 0.15) is 0 Å². The van der Waals surface area contributed by atoms with Gasteiger partial charge in [-0.1, -0.05) is 54.4 Å². The van der Waals surface area contributed by atoms with Gasteiger partial charge in [-0.3, -0.25) is 4.90 Å². The molecule has 0 aliphatic heterocycles. The summed E-state index contributed by atoms with van der Waals surface area (Å²) in [6, 6.07) is 0.681. The molecule has 0 aliphatic carbocycles. The number of rotatable bonds is 10. The molecule has 0 heterocycles. The third-order valence-electron chi connectivity index (χ3n) is 3.90. The van der Waals surface area contributed by atoms with Gasteiger partial charge in [0.05, 0.1) is 0 Å². The molecule has 2 heteroatoms. The second-order valence-electron chi connectivity index (χ2n) is 5.39. The van der Waals surface area contributed by atoms with E-state index < -0.39 is 0 Å². The minimum atomic E-state index is 0.681. The van der Waals surface area contributed by atoms with E-state index in [-0.39, 0.29) is 0 Å². The molecule has 0 aromatic carbocycles. The molecule has 0 spiro atoms. The molecule has 1 atom stereocenters. The second kappa shape index (κ2) is 9.90. The van der Waals surface area contributed by atoms with Gasteiger partial charge in [0.15, 0.2) is 0 Å². The minimum absolute atomic E-state index is 0.681. The highest BCUT2D eigenvalue weighted by Gasteiger charge is 2.21. The number of nitrogens with one attached hydrogen (secondary N) is 1. The summed E-state index contributed by atoms with van der Waals surface area (Å²) in [5, 5.41) is 3.51. The molecule has 17 heavy (non-hydrogen) atoms. The Bertz CT molecular complexity index is 164. The van der Waals surface area contributed by atoms with Crippen LogP contribution in [0.3, 0.4) is 0 Å². The van der Waals surface area contributed by atoms with E-state index in [1.807, 2.05) is 0 Å². The van der Waals surface area contributed by atoms with E-state index in [9.17, 15) is 0 Å². The maximum atomic E-state index is 3.51. The van der Waals surface area contributed by atoms with E-state index >= 15 is 0 Å². The Balaban J connectivity index is 4.43. The summed E-state index contributed by atoms with van der Waals surface area (Å²) in [5.41, 5.74) is 0. The number of hydrogen-bond acceptors (Lipinski definition) is 2. The van der Waals surface area contributed by atoms with Crippen molar-refractivity contribution in [2.75, 3.05) is 26.2 Å². The fourth-order valence-corrected chi connectivity index (χ4v) is 2.46. The average Bonchev–Trinajstić information content (AvgIpc) is 2.33. The van der Waals surface area contributed by atoms with Crippen LogP contribution in [0.25, 0.3) is 0 Å². The molecule has 0 aliphatic rings. The third kappa shape index (κ3) is 6.42. The average molecular weight is 242 g/mol. The lowest BCUT2D eigenvalue weighted by Gasteiger charge is -2.36. The van der Waals surface area contributed by atoms with Crippen LogP contribution in [0, 0.1) is 11.8 Å². The van der Waals surface area contributed by atoms with Crippen LogP contribution in [0.5, 0.6) is 0 Å². The topological polar surface area (TPSA) is 15.3 Å². The van der Waals surface area contributed by atoms with Crippen molar-refractivity contribution in [1.82, 2.24) is 10.2 Å². The lowest BCUT2D eigenvalue weighted by molar-refractivity contribution is 0.133. The van der Waals surface area contributed by atoms with Crippen LogP contribution < -0.4 is 5.32 Å². The first kappa shape index (κ1) is 16.9. The molecule has 1 N–H and O–H groups in total. The van der Waals surface area contributed by atoms with Gasteiger partial charge in [0, 0.05) is 19.1 Å². The van der Waals surface area contributed by atoms with Crippen LogP contribution in [-0.2, 0) is 0 Å². The van der Waals surface area contributed by atoms with Crippen LogP contribution in [0.15, 0.2) is 0 Å². The van der Waals surface area contributed by atoms with Crippen molar-refractivity contribution in [3.05, 3.63) is 0 Å². The van der Waals surface area contributed by atoms with E-state index in [1.54, 1.807) is 0 Å². The first-order chi connectivity index (χ1) is 8.10. The van der Waals surface area contributed by atoms with Crippen molar-refractivity contribution in [3.8, 4) is 0 Å². The monoisotopic (exact) mass is 242 g/mol. The molecule has 1 unspecified atom stereocenters. The molecular weight excluding hydrogens is 208 g/mol. The molecule has 0 rings (SSSR count). The summed E-state index contributed by atoms with van der Waals surface area (Å²) in [5.74, 6) is 1.58. The Kier molecular flexibility index (Phi) is 9.85. The zero-order valence-electron chi connectivity index (χ0n) is 12.9. The van der Waals surface area contributed by atoms with Gasteiger partial charge in [-0.15, -0.1) is 0 Å². The van der Waals surface area contributed by atoms with Gasteiger partial charge >= 0.3 is 0 Å². The van der Waals surface area contributed by atoms with Crippen LogP contribution in [0.2, 0.25) is 0 Å². The van der Waals surface area contributed by atoms with Crippen molar-refractivity contribution < 1.29 is 0 Å². The number of likely N-dealkylation sites (N-methyl/N-ethyl adjacent to an activating group) is 2. The molecule has 104 valence electrons. The Morgan fingerprint density at radius 1 is 1.00 bits per heavy atom. The molecule has 0 aromatic rings. The normalized spacial score (nSPS) is 13.9. The van der Waals surface area contributed by atoms with Crippen molar-refractivity contribution >= 4 is 0 Å². The van der Waals surface area contributed by atoms with Gasteiger partial charge in [-0.2, -0.15) is 0 Å². The quantitative estimate of drug-likeness (QED) is 0.632. The summed E-state index contributed by atoms with van der Waals surface area (Å²) < 4.78 is 0. The summed E-state index contributed by atoms with van der Waals surface area (Å²) in [6.07, 6.45) is 2.61. The van der Waals surface area contributed by atoms with Crippen LogP contribution in [-0.4, -0.2) is 37.1 Å². The summed E-state index contributed by atoms with van der Waals surface area (Å²) in [4.78, 5) is 2.67. The van der Waals surface area contributed by atoms with E-state index in [0.717, 1.165) is 24.9 Å². The highest BCUT2D eigenvalue weighted by Crippen LogP contribution is 2.16. The Hall–Kier alpha value is -0.0800. The number of hydrogen-bond donors (Lipinski definition) is 1. The molecule has 2 nitrogen and oxygen atoms in total. The second-order valence-corrected chi connectivity index (χ2v) is 5.39. The minimum Gasteiger partial charge on any atom is -0.315 e. The molecule has 0 radical (unpaired) electrons. The van der Waals surface area contributed by atoms with E-state index in [2.05, 4.69) is 51.8 Å². The van der Waals surface area contributed by atoms with Gasteiger partial charge in [-0.25, -0.2) is 0 Å². The zero-order chi connectivity index (χ0) is 13.3. The maximum Gasteiger partial charge on any atom is 0.0243 e. The van der Waals surface area contributed by atoms with Gasteiger partial charge in [0.2, 0.25) is 0 Å². The molecule has 0 aromatic heterocycles. The van der Waals surface area contributed by atoms with Gasteiger partial charge in [0.25, 0.3) is 0 Å². The van der Waals surface area contributed by atoms with Crippen LogP contribution >= 0.6 is 0 Å². The summed E-state index contributed by atoms with van der Waals surface area (Å²) in [7, 11) is 0. The summed E-state index contributed by atoms with van der Waals surface area (Å²) in [6.45, 7) is 18.4. The fourth-order valence-electron chi connectivity index (χ4n) is 2.46. The zero-order valence-corrected chi connectivity index (χ0v) is 12.9. The highest BCUT2D eigenvalue weighted by molar-refractivity contribution is 4.78. The maximum absolute atomic E-state index is 3.51. The SMILES string of the molecule is CCNCC(C(C)C)N(CC)CC(CC)CC. The predicted octanol–water partition coefficient (Wildman–Crippen LogP) is 3.38. The molecule has 0 saturated heterocycles. The van der Waals surface area contributed by atoms with Crippen LogP contribution in [0.1, 0.15) is 54.4 Å². The Labute approximate surface area is 109 Å². The lowest BCUT2D eigenvalue weighted by atomic mass is 9.98. The van der Waals surface area contributed by atoms with Gasteiger partial charge < -0.3 is 5.32 Å².